The van der Waals surface area contributed by atoms with Gasteiger partial charge in [0.25, 0.3) is 0 Å². The van der Waals surface area contributed by atoms with E-state index in [0.717, 1.165) is 12.8 Å². The molecular weight excluding hydrogens is 344 g/mol. The summed E-state index contributed by atoms with van der Waals surface area (Å²) < 4.78 is 4.71. The number of allylic oxidation sites excluding steroid dienone is 2. The summed E-state index contributed by atoms with van der Waals surface area (Å²) in [5.74, 6) is 1.56. The van der Waals surface area contributed by atoms with Gasteiger partial charge in [0.2, 0.25) is 0 Å². The average Bonchev–Trinajstić information content (AvgIpc) is 2.70. The SMILES string of the molecule is CCCCC[C@@H](C)/C=C/c1cccc(/C=C/[C@@H](C)[C@@H](C)CCCC(=O)OC)c1. The molecule has 2 heteroatoms. The van der Waals surface area contributed by atoms with E-state index in [1.165, 1.54) is 43.9 Å². The lowest BCUT2D eigenvalue weighted by atomic mass is 9.90. The molecule has 3 atom stereocenters. The van der Waals surface area contributed by atoms with Gasteiger partial charge >= 0.3 is 5.97 Å². The molecule has 0 aliphatic heterocycles. The van der Waals surface area contributed by atoms with Crippen molar-refractivity contribution in [3.8, 4) is 0 Å². The summed E-state index contributed by atoms with van der Waals surface area (Å²) in [5.41, 5.74) is 2.51. The summed E-state index contributed by atoms with van der Waals surface area (Å²) in [4.78, 5) is 11.2. The molecule has 0 heterocycles. The van der Waals surface area contributed by atoms with Crippen molar-refractivity contribution >= 4 is 18.1 Å². The lowest BCUT2D eigenvalue weighted by Crippen LogP contribution is -2.07. The van der Waals surface area contributed by atoms with Crippen molar-refractivity contribution in [3.63, 3.8) is 0 Å². The number of hydrogen-bond acceptors (Lipinski definition) is 2. The zero-order chi connectivity index (χ0) is 20.8. The zero-order valence-electron chi connectivity index (χ0n) is 18.6. The van der Waals surface area contributed by atoms with E-state index in [9.17, 15) is 4.79 Å². The highest BCUT2D eigenvalue weighted by atomic mass is 16.5. The van der Waals surface area contributed by atoms with Gasteiger partial charge in [-0.15, -0.1) is 0 Å². The molecule has 0 aliphatic rings. The van der Waals surface area contributed by atoms with Crippen LogP contribution in [0.15, 0.2) is 36.4 Å². The monoisotopic (exact) mass is 384 g/mol. The summed E-state index contributed by atoms with van der Waals surface area (Å²) >= 11 is 0. The molecule has 156 valence electrons. The van der Waals surface area contributed by atoms with Gasteiger partial charge in [0, 0.05) is 6.42 Å². The first-order valence-electron chi connectivity index (χ1n) is 11.0. The molecule has 1 aromatic carbocycles. The Morgan fingerprint density at radius 2 is 1.68 bits per heavy atom. The van der Waals surface area contributed by atoms with Crippen LogP contribution < -0.4 is 0 Å². The van der Waals surface area contributed by atoms with E-state index >= 15 is 0 Å². The van der Waals surface area contributed by atoms with Crippen LogP contribution in [0.3, 0.4) is 0 Å². The van der Waals surface area contributed by atoms with Crippen LogP contribution in [0.5, 0.6) is 0 Å². The molecule has 0 saturated carbocycles. The van der Waals surface area contributed by atoms with Crippen molar-refractivity contribution in [1.82, 2.24) is 0 Å². The molecule has 0 N–H and O–H groups in total. The third-order valence-electron chi connectivity index (χ3n) is 5.55. The van der Waals surface area contributed by atoms with Gasteiger partial charge in [0.15, 0.2) is 0 Å². The third kappa shape index (κ3) is 10.5. The maximum Gasteiger partial charge on any atom is 0.305 e. The van der Waals surface area contributed by atoms with Gasteiger partial charge in [-0.05, 0) is 54.2 Å². The Morgan fingerprint density at radius 3 is 2.32 bits per heavy atom. The molecule has 1 rings (SSSR count). The molecule has 0 aliphatic carbocycles. The minimum Gasteiger partial charge on any atom is -0.469 e. The largest absolute Gasteiger partial charge is 0.469 e. The average molecular weight is 385 g/mol. The molecule has 0 unspecified atom stereocenters. The highest BCUT2D eigenvalue weighted by molar-refractivity contribution is 5.69. The molecule has 0 aromatic heterocycles. The molecule has 0 spiro atoms. The number of methoxy groups -OCH3 is 1. The predicted molar refractivity (Wildman–Crippen MR) is 122 cm³/mol. The van der Waals surface area contributed by atoms with Crippen LogP contribution in [0.4, 0.5) is 0 Å². The minimum atomic E-state index is -0.111. The first-order valence-corrected chi connectivity index (χ1v) is 11.0. The van der Waals surface area contributed by atoms with Crippen LogP contribution in [0.1, 0.15) is 83.8 Å². The van der Waals surface area contributed by atoms with E-state index in [2.05, 4.69) is 76.3 Å². The Labute approximate surface area is 173 Å². The van der Waals surface area contributed by atoms with Crippen LogP contribution >= 0.6 is 0 Å². The Balaban J connectivity index is 2.52. The second kappa shape index (κ2) is 14.2. The van der Waals surface area contributed by atoms with E-state index in [1.807, 2.05) is 0 Å². The molecule has 0 radical (unpaired) electrons. The molecule has 2 nitrogen and oxygen atoms in total. The molecule has 0 fully saturated rings. The number of esters is 1. The van der Waals surface area contributed by atoms with Crippen molar-refractivity contribution in [3.05, 3.63) is 47.5 Å². The smallest absolute Gasteiger partial charge is 0.305 e. The van der Waals surface area contributed by atoms with E-state index in [-0.39, 0.29) is 5.97 Å². The fourth-order valence-corrected chi connectivity index (χ4v) is 3.24. The quantitative estimate of drug-likeness (QED) is 0.259. The molecule has 0 saturated heterocycles. The predicted octanol–water partition coefficient (Wildman–Crippen LogP) is 7.54. The Morgan fingerprint density at radius 1 is 1.00 bits per heavy atom. The van der Waals surface area contributed by atoms with Crippen LogP contribution in [0.2, 0.25) is 0 Å². The van der Waals surface area contributed by atoms with Gasteiger partial charge in [-0.3, -0.25) is 4.79 Å². The number of rotatable bonds is 13. The fourth-order valence-electron chi connectivity index (χ4n) is 3.24. The first-order chi connectivity index (χ1) is 13.5. The maximum atomic E-state index is 11.2. The van der Waals surface area contributed by atoms with Gasteiger partial charge < -0.3 is 4.74 Å². The standard InChI is InChI=1S/C26H40O2/c1-6-7-8-11-21(2)16-18-24-13-10-14-25(20-24)19-17-23(4)22(3)12-9-15-26(27)28-5/h10,13-14,16-23H,6-9,11-12,15H2,1-5H3/b18-16+,19-17+/t21-,22+,23-/m1/s1. The lowest BCUT2D eigenvalue weighted by molar-refractivity contribution is -0.140. The molecule has 0 bridgehead atoms. The van der Waals surface area contributed by atoms with Crippen LogP contribution in [0, 0.1) is 17.8 Å². The third-order valence-corrected chi connectivity index (χ3v) is 5.55. The topological polar surface area (TPSA) is 26.3 Å². The van der Waals surface area contributed by atoms with E-state index in [0.29, 0.717) is 24.2 Å². The van der Waals surface area contributed by atoms with E-state index < -0.39 is 0 Å². The molecule has 28 heavy (non-hydrogen) atoms. The summed E-state index contributed by atoms with van der Waals surface area (Å²) in [6.07, 6.45) is 16.8. The Hall–Kier alpha value is -1.83. The number of ether oxygens (including phenoxy) is 1. The minimum absolute atomic E-state index is 0.111. The van der Waals surface area contributed by atoms with Crippen molar-refractivity contribution < 1.29 is 9.53 Å². The van der Waals surface area contributed by atoms with Crippen molar-refractivity contribution in [2.75, 3.05) is 7.11 Å². The van der Waals surface area contributed by atoms with Gasteiger partial charge in [-0.2, -0.15) is 0 Å². The number of unbranched alkanes of at least 4 members (excludes halogenated alkanes) is 2. The Bertz CT molecular complexity index is 615. The van der Waals surface area contributed by atoms with Gasteiger partial charge in [-0.1, -0.05) is 89.5 Å². The van der Waals surface area contributed by atoms with Crippen molar-refractivity contribution in [1.29, 1.82) is 0 Å². The molecule has 1 aromatic rings. The number of carbonyl (C=O) groups is 1. The number of carbonyl (C=O) groups excluding carboxylic acids is 1. The summed E-state index contributed by atoms with van der Waals surface area (Å²) in [6.45, 7) is 9.06. The molecule has 0 amide bonds. The second-order valence-corrected chi connectivity index (χ2v) is 8.17. The van der Waals surface area contributed by atoms with Crippen LogP contribution in [-0.4, -0.2) is 13.1 Å². The zero-order valence-corrected chi connectivity index (χ0v) is 18.6. The van der Waals surface area contributed by atoms with Gasteiger partial charge in [0.1, 0.15) is 0 Å². The maximum absolute atomic E-state index is 11.2. The highest BCUT2D eigenvalue weighted by Gasteiger charge is 2.10. The summed E-state index contributed by atoms with van der Waals surface area (Å²) in [5, 5.41) is 0. The highest BCUT2D eigenvalue weighted by Crippen LogP contribution is 2.21. The van der Waals surface area contributed by atoms with Gasteiger partial charge in [-0.25, -0.2) is 0 Å². The number of hydrogen-bond donors (Lipinski definition) is 0. The van der Waals surface area contributed by atoms with Gasteiger partial charge in [0.05, 0.1) is 7.11 Å². The summed E-state index contributed by atoms with van der Waals surface area (Å²) in [7, 11) is 1.45. The fraction of sp³-hybridized carbons (Fsp3) is 0.577. The lowest BCUT2D eigenvalue weighted by Gasteiger charge is -2.16. The van der Waals surface area contributed by atoms with E-state index in [4.69, 9.17) is 4.74 Å². The van der Waals surface area contributed by atoms with Crippen molar-refractivity contribution in [2.45, 2.75) is 72.6 Å². The van der Waals surface area contributed by atoms with Crippen LogP contribution in [-0.2, 0) is 9.53 Å². The second-order valence-electron chi connectivity index (χ2n) is 8.17. The number of benzene rings is 1. The van der Waals surface area contributed by atoms with Crippen molar-refractivity contribution in [2.24, 2.45) is 17.8 Å². The van der Waals surface area contributed by atoms with Crippen LogP contribution in [0.25, 0.3) is 12.2 Å². The summed E-state index contributed by atoms with van der Waals surface area (Å²) in [6, 6.07) is 8.71. The normalized spacial score (nSPS) is 15.0. The first kappa shape index (κ1) is 24.2. The Kier molecular flexibility index (Phi) is 12.3. The van der Waals surface area contributed by atoms with E-state index in [1.54, 1.807) is 0 Å². The molecular formula is C26H40O2.